The molecule has 4 heteroatoms. The number of imide groups is 1. The van der Waals surface area contributed by atoms with Crippen molar-refractivity contribution in [1.82, 2.24) is 4.90 Å². The van der Waals surface area contributed by atoms with Crippen LogP contribution in [0.4, 0.5) is 0 Å². The lowest BCUT2D eigenvalue weighted by Gasteiger charge is -2.19. The van der Waals surface area contributed by atoms with Gasteiger partial charge in [0.25, 0.3) is 11.8 Å². The average Bonchev–Trinajstić information content (AvgIpc) is 3.00. The predicted molar refractivity (Wildman–Crippen MR) is 118 cm³/mol. The third-order valence-electron chi connectivity index (χ3n) is 5.16. The van der Waals surface area contributed by atoms with E-state index in [0.29, 0.717) is 24.1 Å². The first kappa shape index (κ1) is 19.6. The summed E-state index contributed by atoms with van der Waals surface area (Å²) in [6, 6.07) is 28.9. The zero-order valence-corrected chi connectivity index (χ0v) is 16.8. The van der Waals surface area contributed by atoms with Crippen molar-refractivity contribution in [2.45, 2.75) is 19.4 Å². The first-order chi connectivity index (χ1) is 14.6. The van der Waals surface area contributed by atoms with E-state index in [4.69, 9.17) is 4.74 Å². The summed E-state index contributed by atoms with van der Waals surface area (Å²) in [6.07, 6.45) is 0.390. The molecule has 0 spiro atoms. The molecule has 150 valence electrons. The molecular formula is C26H23NO3. The molecule has 0 aliphatic carbocycles. The molecule has 4 nitrogen and oxygen atoms in total. The predicted octanol–water partition coefficient (Wildman–Crippen LogP) is 5.42. The number of rotatable bonds is 5. The van der Waals surface area contributed by atoms with Gasteiger partial charge in [0.1, 0.15) is 5.75 Å². The van der Waals surface area contributed by atoms with E-state index in [0.717, 1.165) is 16.5 Å². The van der Waals surface area contributed by atoms with Crippen molar-refractivity contribution in [3.05, 3.63) is 102 Å². The van der Waals surface area contributed by atoms with Crippen LogP contribution in [0.15, 0.2) is 91.0 Å². The lowest BCUT2D eigenvalue weighted by molar-refractivity contribution is 0.0635. The Hall–Kier alpha value is -3.66. The van der Waals surface area contributed by atoms with E-state index < -0.39 is 0 Å². The number of fused-ring (bicyclic) bond motifs is 2. The zero-order valence-electron chi connectivity index (χ0n) is 16.8. The number of benzene rings is 2. The van der Waals surface area contributed by atoms with Crippen molar-refractivity contribution in [1.29, 1.82) is 0 Å². The van der Waals surface area contributed by atoms with E-state index >= 15 is 0 Å². The van der Waals surface area contributed by atoms with Crippen LogP contribution in [0, 0.1) is 0 Å². The number of ether oxygens (including phenoxy) is 1. The molecule has 3 aromatic carbocycles. The van der Waals surface area contributed by atoms with E-state index in [2.05, 4.69) is 0 Å². The Morgan fingerprint density at radius 3 is 2.00 bits per heavy atom. The minimum atomic E-state index is -0.229. The van der Waals surface area contributed by atoms with Crippen LogP contribution >= 0.6 is 0 Å². The minimum absolute atomic E-state index is 0.163. The van der Waals surface area contributed by atoms with Gasteiger partial charge in [-0.15, -0.1) is 0 Å². The van der Waals surface area contributed by atoms with E-state index in [9.17, 15) is 9.59 Å². The van der Waals surface area contributed by atoms with E-state index in [1.54, 1.807) is 24.3 Å². The average molecular weight is 397 g/mol. The maximum atomic E-state index is 12.5. The summed E-state index contributed by atoms with van der Waals surface area (Å²) in [5, 5.41) is 2.07. The fourth-order valence-electron chi connectivity index (χ4n) is 3.58. The number of nitrogens with zero attached hydrogens (tertiary/aromatic N) is 1. The van der Waals surface area contributed by atoms with Gasteiger partial charge in [-0.2, -0.15) is 0 Å². The number of carbonyl (C=O) groups excluding carboxylic acids is 2. The van der Waals surface area contributed by atoms with Gasteiger partial charge < -0.3 is 4.74 Å². The fraction of sp³-hybridized carbons (Fsp3) is 0.154. The van der Waals surface area contributed by atoms with Crippen LogP contribution in [0.25, 0.3) is 10.8 Å². The molecule has 0 radical (unpaired) electrons. The molecule has 0 aromatic heterocycles. The molecule has 2 amide bonds. The summed E-state index contributed by atoms with van der Waals surface area (Å²) in [6.45, 7) is 2.28. The molecule has 0 fully saturated rings. The van der Waals surface area contributed by atoms with Gasteiger partial charge >= 0.3 is 0 Å². The highest BCUT2D eigenvalue weighted by Gasteiger charge is 2.34. The molecule has 4 rings (SSSR count). The molecule has 30 heavy (non-hydrogen) atoms. The Bertz CT molecular complexity index is 1120. The Morgan fingerprint density at radius 2 is 1.30 bits per heavy atom. The fourth-order valence-corrected chi connectivity index (χ4v) is 3.58. The Balaban J connectivity index is 1.50. The summed E-state index contributed by atoms with van der Waals surface area (Å²) in [7, 11) is 0. The molecule has 0 saturated carbocycles. The van der Waals surface area contributed by atoms with Crippen molar-refractivity contribution in [3.63, 3.8) is 0 Å². The molecular weight excluding hydrogens is 374 g/mol. The Morgan fingerprint density at radius 1 is 0.733 bits per heavy atom. The highest BCUT2D eigenvalue weighted by Crippen LogP contribution is 2.26. The summed E-state index contributed by atoms with van der Waals surface area (Å²) in [4.78, 5) is 26.4. The van der Waals surface area contributed by atoms with Gasteiger partial charge in [0.15, 0.2) is 0 Å². The molecule has 1 aliphatic rings. The zero-order chi connectivity index (χ0) is 20.9. The van der Waals surface area contributed by atoms with Crippen molar-refractivity contribution >= 4 is 22.6 Å². The van der Waals surface area contributed by atoms with Gasteiger partial charge in [-0.1, -0.05) is 72.8 Å². The summed E-state index contributed by atoms with van der Waals surface area (Å²) >= 11 is 0. The number of hydrogen-bond acceptors (Lipinski definition) is 3. The van der Waals surface area contributed by atoms with Gasteiger partial charge in [0.05, 0.1) is 17.2 Å². The Labute approximate surface area is 176 Å². The largest absolute Gasteiger partial charge is 0.490 e. The minimum Gasteiger partial charge on any atom is -0.490 e. The smallest absolute Gasteiger partial charge is 0.261 e. The van der Waals surface area contributed by atoms with Gasteiger partial charge in [-0.25, -0.2) is 0 Å². The molecule has 1 heterocycles. The van der Waals surface area contributed by atoms with E-state index in [1.165, 1.54) is 4.90 Å². The summed E-state index contributed by atoms with van der Waals surface area (Å²) < 4.78 is 6.21. The monoisotopic (exact) mass is 397 g/mol. The highest BCUT2D eigenvalue weighted by atomic mass is 16.5. The topological polar surface area (TPSA) is 46.6 Å². The normalized spacial score (nSPS) is 13.7. The van der Waals surface area contributed by atoms with Crippen LogP contribution in [0.3, 0.4) is 0 Å². The first-order valence-electron chi connectivity index (χ1n) is 10.1. The second-order valence-electron chi connectivity index (χ2n) is 7.27. The second-order valence-corrected chi connectivity index (χ2v) is 7.27. The maximum Gasteiger partial charge on any atom is 0.261 e. The van der Waals surface area contributed by atoms with Crippen LogP contribution in [0.2, 0.25) is 0 Å². The highest BCUT2D eigenvalue weighted by molar-refractivity contribution is 6.21. The summed E-state index contributed by atoms with van der Waals surface area (Å²) in [5.41, 5.74) is 0.957. The molecule has 0 unspecified atom stereocenters. The Kier molecular flexibility index (Phi) is 5.75. The number of hydrogen-bond donors (Lipinski definition) is 0. The van der Waals surface area contributed by atoms with Gasteiger partial charge in [0.2, 0.25) is 0 Å². The van der Waals surface area contributed by atoms with E-state index in [1.807, 2.05) is 73.7 Å². The SMILES string of the molecule is C[C@@H](CCN1C(=O)c2ccccc2C1=O)Oc1cccc2ccccccccc12. The third-order valence-corrected chi connectivity index (χ3v) is 5.16. The second kappa shape index (κ2) is 8.78. The third kappa shape index (κ3) is 4.03. The van der Waals surface area contributed by atoms with Crippen LogP contribution < -0.4 is 4.74 Å². The van der Waals surface area contributed by atoms with Gasteiger partial charge in [-0.3, -0.25) is 14.5 Å². The summed E-state index contributed by atoms with van der Waals surface area (Å²) in [5.74, 6) is 0.321. The molecule has 1 aliphatic heterocycles. The van der Waals surface area contributed by atoms with Crippen molar-refractivity contribution in [2.75, 3.05) is 6.54 Å². The van der Waals surface area contributed by atoms with Crippen LogP contribution in [-0.2, 0) is 0 Å². The number of amides is 2. The van der Waals surface area contributed by atoms with Gasteiger partial charge in [-0.05, 0) is 30.5 Å². The van der Waals surface area contributed by atoms with Gasteiger partial charge in [0, 0.05) is 18.4 Å². The van der Waals surface area contributed by atoms with Crippen LogP contribution in [-0.4, -0.2) is 29.4 Å². The number of carbonyl (C=O) groups is 2. The lowest BCUT2D eigenvalue weighted by atomic mass is 10.1. The molecule has 3 aromatic rings. The van der Waals surface area contributed by atoms with Crippen LogP contribution in [0.1, 0.15) is 34.1 Å². The standard InChI is InChI=1S/C26H23NO3/c1-19(17-18-27-25(28)22-14-8-9-15-23(22)26(27)29)30-24-16-10-12-20-11-6-4-2-3-5-7-13-21(20)24/h2-16,19H,17-18H2,1H3/t19-/m0/s1. The van der Waals surface area contributed by atoms with Crippen LogP contribution in [0.5, 0.6) is 5.75 Å². The molecule has 0 N–H and O–H groups in total. The molecule has 1 atom stereocenters. The van der Waals surface area contributed by atoms with Crippen molar-refractivity contribution in [2.24, 2.45) is 0 Å². The first-order valence-corrected chi connectivity index (χ1v) is 10.1. The molecule has 0 saturated heterocycles. The lowest BCUT2D eigenvalue weighted by Crippen LogP contribution is -2.33. The quantitative estimate of drug-likeness (QED) is 0.540. The van der Waals surface area contributed by atoms with E-state index in [-0.39, 0.29) is 17.9 Å². The molecule has 0 bridgehead atoms. The van der Waals surface area contributed by atoms with Crippen molar-refractivity contribution < 1.29 is 14.3 Å². The van der Waals surface area contributed by atoms with Crippen molar-refractivity contribution in [3.8, 4) is 5.75 Å². The maximum absolute atomic E-state index is 12.5.